The summed E-state index contributed by atoms with van der Waals surface area (Å²) in [4.78, 5) is 0. The highest BCUT2D eigenvalue weighted by Gasteiger charge is 2.48. The minimum atomic E-state index is -1.87. The molecule has 0 radical (unpaired) electrons. The van der Waals surface area contributed by atoms with Crippen molar-refractivity contribution in [3.8, 4) is 11.3 Å². The van der Waals surface area contributed by atoms with Crippen molar-refractivity contribution < 1.29 is 0 Å². The molecule has 2 aromatic carbocycles. The number of benzene rings is 2. The molecule has 0 aliphatic carbocycles. The number of hydrogen-bond acceptors (Lipinski definition) is 1. The molecule has 0 bridgehead atoms. The average molecular weight is 405 g/mol. The minimum absolute atomic E-state index is 0.295. The van der Waals surface area contributed by atoms with Crippen molar-refractivity contribution >= 4 is 13.4 Å². The Morgan fingerprint density at radius 3 is 1.66 bits per heavy atom. The largest absolute Gasteiger partial charge is 0.286 e. The Morgan fingerprint density at radius 1 is 0.690 bits per heavy atom. The molecule has 1 atom stereocenters. The van der Waals surface area contributed by atoms with Gasteiger partial charge in [0, 0.05) is 22.4 Å². The van der Waals surface area contributed by atoms with Crippen molar-refractivity contribution in [1.29, 1.82) is 0 Å². The molecule has 0 aliphatic rings. The van der Waals surface area contributed by atoms with Crippen LogP contribution >= 0.6 is 0 Å². The van der Waals surface area contributed by atoms with E-state index in [-0.39, 0.29) is 0 Å². The molecule has 0 saturated carbocycles. The van der Waals surface area contributed by atoms with E-state index in [1.54, 1.807) is 0 Å². The van der Waals surface area contributed by atoms with E-state index < -0.39 is 8.07 Å². The Bertz CT molecular complexity index is 889. The molecule has 0 saturated heterocycles. The topological polar surface area (TPSA) is 28.7 Å². The minimum Gasteiger partial charge on any atom is -0.286 e. The standard InChI is InChI=1S/C26H36N2Si/c1-18(2)29(19(3)4,20(5)6)26-24(21(7)22-14-10-8-11-15-22)25(27-28-26)23-16-12-9-13-17-23/h8-21H,1-7H3,(H,27,28)/t21-/m1/s1. The van der Waals surface area contributed by atoms with Gasteiger partial charge in [-0.2, -0.15) is 5.10 Å². The summed E-state index contributed by atoms with van der Waals surface area (Å²) in [6.45, 7) is 16.9. The van der Waals surface area contributed by atoms with E-state index >= 15 is 0 Å². The molecule has 0 fully saturated rings. The summed E-state index contributed by atoms with van der Waals surface area (Å²) >= 11 is 0. The quantitative estimate of drug-likeness (QED) is 0.417. The van der Waals surface area contributed by atoms with Gasteiger partial charge in [0.1, 0.15) is 8.07 Å². The maximum Gasteiger partial charge on any atom is 0.117 e. The molecule has 0 unspecified atom stereocenters. The SMILES string of the molecule is CC(C)[Si](c1[nH]nc(-c2ccccc2)c1[C@H](C)c1ccccc1)(C(C)C)C(C)C. The maximum atomic E-state index is 4.96. The fourth-order valence-corrected chi connectivity index (χ4v) is 12.5. The van der Waals surface area contributed by atoms with Crippen LogP contribution in [-0.2, 0) is 0 Å². The van der Waals surface area contributed by atoms with Crippen molar-refractivity contribution in [2.75, 3.05) is 0 Å². The van der Waals surface area contributed by atoms with Crippen molar-refractivity contribution in [1.82, 2.24) is 10.2 Å². The molecular weight excluding hydrogens is 368 g/mol. The highest BCUT2D eigenvalue weighted by molar-refractivity contribution is 6.94. The third-order valence-corrected chi connectivity index (χ3v) is 13.9. The van der Waals surface area contributed by atoms with Gasteiger partial charge in [-0.3, -0.25) is 5.10 Å². The Balaban J connectivity index is 2.32. The second-order valence-corrected chi connectivity index (χ2v) is 15.1. The first-order valence-corrected chi connectivity index (χ1v) is 13.2. The van der Waals surface area contributed by atoms with Crippen molar-refractivity contribution in [3.63, 3.8) is 0 Å². The molecule has 2 nitrogen and oxygen atoms in total. The van der Waals surface area contributed by atoms with E-state index in [1.807, 2.05) is 0 Å². The molecule has 29 heavy (non-hydrogen) atoms. The normalized spacial score (nSPS) is 13.4. The van der Waals surface area contributed by atoms with Crippen molar-refractivity contribution in [2.45, 2.75) is 71.0 Å². The second-order valence-electron chi connectivity index (χ2n) is 9.26. The number of hydrogen-bond donors (Lipinski definition) is 1. The first kappa shape index (κ1) is 21.6. The molecule has 3 heteroatoms. The van der Waals surface area contributed by atoms with E-state index in [1.165, 1.54) is 22.0 Å². The van der Waals surface area contributed by atoms with Gasteiger partial charge in [0.15, 0.2) is 0 Å². The van der Waals surface area contributed by atoms with E-state index in [0.717, 1.165) is 5.69 Å². The van der Waals surface area contributed by atoms with Crippen molar-refractivity contribution in [2.24, 2.45) is 0 Å². The number of nitrogens with zero attached hydrogens (tertiary/aromatic N) is 1. The Labute approximate surface area is 177 Å². The highest BCUT2D eigenvalue weighted by Crippen LogP contribution is 2.43. The molecule has 154 valence electrons. The first-order valence-electron chi connectivity index (χ1n) is 11.0. The molecule has 3 aromatic rings. The van der Waals surface area contributed by atoms with Gasteiger partial charge in [-0.25, -0.2) is 0 Å². The zero-order valence-electron chi connectivity index (χ0n) is 19.0. The highest BCUT2D eigenvalue weighted by atomic mass is 28.3. The van der Waals surface area contributed by atoms with Crippen LogP contribution in [0.15, 0.2) is 60.7 Å². The molecule has 0 aliphatic heterocycles. The number of rotatable bonds is 7. The van der Waals surface area contributed by atoms with Gasteiger partial charge in [-0.1, -0.05) is 109 Å². The zero-order chi connectivity index (χ0) is 21.2. The van der Waals surface area contributed by atoms with Crippen molar-refractivity contribution in [3.05, 3.63) is 71.8 Å². The third-order valence-electron chi connectivity index (χ3n) is 6.88. The number of nitrogens with one attached hydrogen (secondary N) is 1. The number of aromatic nitrogens is 2. The first-order chi connectivity index (χ1) is 13.8. The van der Waals surface area contributed by atoms with Crippen LogP contribution in [-0.4, -0.2) is 18.3 Å². The van der Waals surface area contributed by atoms with E-state index in [9.17, 15) is 0 Å². The van der Waals surface area contributed by atoms with Crippen LogP contribution in [0, 0.1) is 0 Å². The summed E-state index contributed by atoms with van der Waals surface area (Å²) in [6, 6.07) is 21.6. The fourth-order valence-electron chi connectivity index (χ4n) is 5.69. The summed E-state index contributed by atoms with van der Waals surface area (Å²) in [6.07, 6.45) is 0. The van der Waals surface area contributed by atoms with Gasteiger partial charge in [-0.05, 0) is 22.2 Å². The monoisotopic (exact) mass is 404 g/mol. The molecule has 1 heterocycles. The zero-order valence-corrected chi connectivity index (χ0v) is 20.0. The lowest BCUT2D eigenvalue weighted by Gasteiger charge is -2.43. The van der Waals surface area contributed by atoms with E-state index in [0.29, 0.717) is 22.5 Å². The van der Waals surface area contributed by atoms with Crippen LogP contribution in [0.1, 0.15) is 65.5 Å². The summed E-state index contributed by atoms with van der Waals surface area (Å²) in [7, 11) is -1.87. The molecule has 0 spiro atoms. The number of aromatic amines is 1. The summed E-state index contributed by atoms with van der Waals surface area (Å²) in [5.74, 6) is 0.295. The predicted molar refractivity (Wildman–Crippen MR) is 129 cm³/mol. The average Bonchev–Trinajstić information content (AvgIpc) is 3.13. The van der Waals surface area contributed by atoms with Crippen LogP contribution in [0.2, 0.25) is 16.6 Å². The lowest BCUT2D eigenvalue weighted by molar-refractivity contribution is 0.824. The molecule has 3 rings (SSSR count). The Morgan fingerprint density at radius 2 is 1.17 bits per heavy atom. The lowest BCUT2D eigenvalue weighted by Crippen LogP contribution is -2.57. The molecule has 0 amide bonds. The summed E-state index contributed by atoms with van der Waals surface area (Å²) in [5, 5.41) is 10.0. The van der Waals surface area contributed by atoms with Crippen LogP contribution in [0.3, 0.4) is 0 Å². The van der Waals surface area contributed by atoms with Crippen LogP contribution < -0.4 is 5.32 Å². The number of H-pyrrole nitrogens is 1. The van der Waals surface area contributed by atoms with Gasteiger partial charge in [0.05, 0.1) is 5.69 Å². The smallest absolute Gasteiger partial charge is 0.117 e. The van der Waals surface area contributed by atoms with Gasteiger partial charge >= 0.3 is 0 Å². The Kier molecular flexibility index (Phi) is 6.48. The predicted octanol–water partition coefficient (Wildman–Crippen LogP) is 7.11. The Hall–Kier alpha value is -2.13. The van der Waals surface area contributed by atoms with Gasteiger partial charge < -0.3 is 0 Å². The molecule has 1 aromatic heterocycles. The summed E-state index contributed by atoms with van der Waals surface area (Å²) in [5.41, 5.74) is 6.98. The van der Waals surface area contributed by atoms with Gasteiger partial charge in [-0.15, -0.1) is 0 Å². The third kappa shape index (κ3) is 3.73. The van der Waals surface area contributed by atoms with Gasteiger partial charge in [0.2, 0.25) is 0 Å². The maximum absolute atomic E-state index is 4.96. The van der Waals surface area contributed by atoms with Crippen LogP contribution in [0.5, 0.6) is 0 Å². The van der Waals surface area contributed by atoms with Crippen LogP contribution in [0.4, 0.5) is 0 Å². The second kappa shape index (κ2) is 8.70. The molecule has 1 N–H and O–H groups in total. The molecular formula is C26H36N2Si. The lowest BCUT2D eigenvalue weighted by atomic mass is 9.91. The van der Waals surface area contributed by atoms with Gasteiger partial charge in [0.25, 0.3) is 0 Å². The van der Waals surface area contributed by atoms with E-state index in [4.69, 9.17) is 5.10 Å². The van der Waals surface area contributed by atoms with Crippen LogP contribution in [0.25, 0.3) is 11.3 Å². The summed E-state index contributed by atoms with van der Waals surface area (Å²) < 4.78 is 0. The van der Waals surface area contributed by atoms with E-state index in [2.05, 4.69) is 114 Å². The fraction of sp³-hybridized carbons (Fsp3) is 0.423.